The van der Waals surface area contributed by atoms with Gasteiger partial charge in [0.1, 0.15) is 0 Å². The molecule has 0 saturated carbocycles. The molecule has 1 unspecified atom stereocenters. The second kappa shape index (κ2) is 12.1. The highest BCUT2D eigenvalue weighted by molar-refractivity contribution is 7.80. The fraction of sp³-hybridized carbons (Fsp3) is 0.280. The highest BCUT2D eigenvalue weighted by Crippen LogP contribution is 2.28. The summed E-state index contributed by atoms with van der Waals surface area (Å²) in [6.45, 7) is 2.78. The van der Waals surface area contributed by atoms with Gasteiger partial charge in [-0.15, -0.1) is 0 Å². The molecule has 0 aliphatic rings. The Morgan fingerprint density at radius 1 is 1.06 bits per heavy atom. The standard InChI is InChI=1S/C25H30N4O2S/c1-18(24(30)27-15-14-19-8-4-2-5-9-19)31-25-23(28-16-21(26)17-32)13-12-22(29-25)20-10-6-3-7-11-20/h2-13,18,21,28,32H,14-17,26H2,1H3,(H,27,30)/t18-,21?/m1/s1. The molecular formula is C25H30N4O2S. The lowest BCUT2D eigenvalue weighted by molar-refractivity contribution is -0.127. The lowest BCUT2D eigenvalue weighted by Gasteiger charge is -2.19. The molecule has 4 N–H and O–H groups in total. The van der Waals surface area contributed by atoms with Crippen molar-refractivity contribution in [1.29, 1.82) is 0 Å². The monoisotopic (exact) mass is 450 g/mol. The van der Waals surface area contributed by atoms with Gasteiger partial charge in [0, 0.05) is 30.4 Å². The zero-order valence-corrected chi connectivity index (χ0v) is 19.1. The van der Waals surface area contributed by atoms with Crippen molar-refractivity contribution in [3.63, 3.8) is 0 Å². The maximum atomic E-state index is 12.6. The fourth-order valence-electron chi connectivity index (χ4n) is 3.08. The van der Waals surface area contributed by atoms with Crippen LogP contribution in [0, 0.1) is 0 Å². The molecule has 0 radical (unpaired) electrons. The summed E-state index contributed by atoms with van der Waals surface area (Å²) >= 11 is 4.23. The van der Waals surface area contributed by atoms with Crippen molar-refractivity contribution in [3.05, 3.63) is 78.4 Å². The van der Waals surface area contributed by atoms with Crippen LogP contribution in [0.5, 0.6) is 5.88 Å². The van der Waals surface area contributed by atoms with E-state index < -0.39 is 6.10 Å². The Labute approximate surface area is 195 Å². The minimum absolute atomic E-state index is 0.112. The number of rotatable bonds is 11. The summed E-state index contributed by atoms with van der Waals surface area (Å²) in [6.07, 6.45) is 0.0542. The molecule has 3 aromatic rings. The smallest absolute Gasteiger partial charge is 0.260 e. The predicted molar refractivity (Wildman–Crippen MR) is 133 cm³/mol. The van der Waals surface area contributed by atoms with Crippen molar-refractivity contribution in [1.82, 2.24) is 10.3 Å². The summed E-state index contributed by atoms with van der Waals surface area (Å²) < 4.78 is 5.99. The second-order valence-corrected chi connectivity index (χ2v) is 7.89. The maximum Gasteiger partial charge on any atom is 0.260 e. The molecule has 0 aliphatic carbocycles. The zero-order chi connectivity index (χ0) is 22.8. The predicted octanol–water partition coefficient (Wildman–Crippen LogP) is 3.54. The number of aromatic nitrogens is 1. The van der Waals surface area contributed by atoms with Crippen molar-refractivity contribution < 1.29 is 9.53 Å². The van der Waals surface area contributed by atoms with Gasteiger partial charge in [-0.3, -0.25) is 4.79 Å². The van der Waals surface area contributed by atoms with E-state index in [1.54, 1.807) is 6.92 Å². The van der Waals surface area contributed by atoms with Gasteiger partial charge in [-0.25, -0.2) is 4.98 Å². The first-order valence-electron chi connectivity index (χ1n) is 10.7. The number of nitrogens with zero attached hydrogens (tertiary/aromatic N) is 1. The van der Waals surface area contributed by atoms with E-state index in [2.05, 4.69) is 28.2 Å². The number of hydrogen-bond donors (Lipinski definition) is 4. The summed E-state index contributed by atoms with van der Waals surface area (Å²) in [6, 6.07) is 23.6. The number of carbonyl (C=O) groups excluding carboxylic acids is 1. The summed E-state index contributed by atoms with van der Waals surface area (Å²) in [7, 11) is 0. The third-order valence-electron chi connectivity index (χ3n) is 4.93. The molecule has 0 spiro atoms. The second-order valence-electron chi connectivity index (χ2n) is 7.53. The quantitative estimate of drug-likeness (QED) is 0.336. The van der Waals surface area contributed by atoms with Gasteiger partial charge in [-0.05, 0) is 31.0 Å². The highest BCUT2D eigenvalue weighted by Gasteiger charge is 2.18. The van der Waals surface area contributed by atoms with Crippen molar-refractivity contribution in [2.75, 3.05) is 24.2 Å². The van der Waals surface area contributed by atoms with Crippen LogP contribution in [0.25, 0.3) is 11.3 Å². The Hall–Kier alpha value is -3.03. The van der Waals surface area contributed by atoms with Gasteiger partial charge >= 0.3 is 0 Å². The van der Waals surface area contributed by atoms with Crippen LogP contribution < -0.4 is 21.1 Å². The van der Waals surface area contributed by atoms with E-state index in [0.29, 0.717) is 30.4 Å². The van der Waals surface area contributed by atoms with E-state index >= 15 is 0 Å². The molecule has 0 aliphatic heterocycles. The van der Waals surface area contributed by atoms with Crippen molar-refractivity contribution in [2.24, 2.45) is 5.73 Å². The highest BCUT2D eigenvalue weighted by atomic mass is 32.1. The van der Waals surface area contributed by atoms with E-state index in [0.717, 1.165) is 17.7 Å². The number of anilines is 1. The van der Waals surface area contributed by atoms with Gasteiger partial charge in [-0.2, -0.15) is 12.6 Å². The Kier molecular flexibility index (Phi) is 8.95. The average molecular weight is 451 g/mol. The molecule has 1 aromatic heterocycles. The van der Waals surface area contributed by atoms with E-state index in [1.165, 1.54) is 5.56 Å². The van der Waals surface area contributed by atoms with Crippen molar-refractivity contribution in [2.45, 2.75) is 25.5 Å². The van der Waals surface area contributed by atoms with Crippen LogP contribution in [0.15, 0.2) is 72.8 Å². The van der Waals surface area contributed by atoms with E-state index in [4.69, 9.17) is 10.5 Å². The van der Waals surface area contributed by atoms with Gasteiger partial charge in [0.2, 0.25) is 5.88 Å². The molecular weight excluding hydrogens is 420 g/mol. The van der Waals surface area contributed by atoms with Crippen LogP contribution in [0.2, 0.25) is 0 Å². The summed E-state index contributed by atoms with van der Waals surface area (Å²) in [5, 5.41) is 6.19. The van der Waals surface area contributed by atoms with Gasteiger partial charge in [0.15, 0.2) is 6.10 Å². The number of nitrogens with two attached hydrogens (primary N) is 1. The lowest BCUT2D eigenvalue weighted by atomic mass is 10.1. The van der Waals surface area contributed by atoms with E-state index in [1.807, 2.05) is 72.8 Å². The van der Waals surface area contributed by atoms with Crippen LogP contribution in [0.3, 0.4) is 0 Å². The molecule has 32 heavy (non-hydrogen) atoms. The van der Waals surface area contributed by atoms with E-state index in [9.17, 15) is 4.79 Å². The van der Waals surface area contributed by atoms with Crippen LogP contribution in [-0.2, 0) is 11.2 Å². The van der Waals surface area contributed by atoms with Crippen LogP contribution in [0.4, 0.5) is 5.69 Å². The molecule has 2 atom stereocenters. The number of benzene rings is 2. The number of pyridine rings is 1. The van der Waals surface area contributed by atoms with Gasteiger partial charge < -0.3 is 21.1 Å². The number of thiol groups is 1. The van der Waals surface area contributed by atoms with Gasteiger partial charge in [0.25, 0.3) is 5.91 Å². The fourth-order valence-corrected chi connectivity index (χ4v) is 3.21. The molecule has 2 aromatic carbocycles. The Bertz CT molecular complexity index is 986. The number of hydrogen-bond acceptors (Lipinski definition) is 6. The Morgan fingerprint density at radius 2 is 1.75 bits per heavy atom. The normalized spacial score (nSPS) is 12.6. The zero-order valence-electron chi connectivity index (χ0n) is 18.2. The SMILES string of the molecule is C[C@@H](Oc1nc(-c2ccccc2)ccc1NCC(N)CS)C(=O)NCCc1ccccc1. The first-order chi connectivity index (χ1) is 15.6. The van der Waals surface area contributed by atoms with Crippen LogP contribution in [-0.4, -0.2) is 41.9 Å². The number of ether oxygens (including phenoxy) is 1. The van der Waals surface area contributed by atoms with Crippen molar-refractivity contribution in [3.8, 4) is 17.1 Å². The average Bonchev–Trinajstić information content (AvgIpc) is 2.84. The first kappa shape index (κ1) is 23.6. The molecule has 1 amide bonds. The van der Waals surface area contributed by atoms with Crippen LogP contribution >= 0.6 is 12.6 Å². The van der Waals surface area contributed by atoms with Gasteiger partial charge in [-0.1, -0.05) is 60.7 Å². The Balaban J connectivity index is 1.68. The minimum Gasteiger partial charge on any atom is -0.463 e. The van der Waals surface area contributed by atoms with Gasteiger partial charge in [0.05, 0.1) is 11.4 Å². The first-order valence-corrected chi connectivity index (χ1v) is 11.3. The molecule has 3 rings (SSSR count). The molecule has 1 heterocycles. The Morgan fingerprint density at radius 3 is 2.44 bits per heavy atom. The largest absolute Gasteiger partial charge is 0.463 e. The van der Waals surface area contributed by atoms with Crippen molar-refractivity contribution >= 4 is 24.2 Å². The number of nitrogens with one attached hydrogen (secondary N) is 2. The molecule has 168 valence electrons. The third-order valence-corrected chi connectivity index (χ3v) is 5.40. The lowest BCUT2D eigenvalue weighted by Crippen LogP contribution is -2.37. The van der Waals surface area contributed by atoms with Crippen LogP contribution in [0.1, 0.15) is 12.5 Å². The molecule has 6 nitrogen and oxygen atoms in total. The summed E-state index contributed by atoms with van der Waals surface area (Å²) in [4.78, 5) is 17.3. The molecule has 0 saturated heterocycles. The number of amides is 1. The maximum absolute atomic E-state index is 12.6. The third kappa shape index (κ3) is 7.00. The number of carbonyl (C=O) groups is 1. The summed E-state index contributed by atoms with van der Waals surface area (Å²) in [5.41, 5.74) is 9.57. The molecule has 0 fully saturated rings. The minimum atomic E-state index is -0.705. The molecule has 0 bridgehead atoms. The summed E-state index contributed by atoms with van der Waals surface area (Å²) in [5.74, 6) is 0.730. The topological polar surface area (TPSA) is 89.3 Å². The van der Waals surface area contributed by atoms with E-state index in [-0.39, 0.29) is 11.9 Å². The molecule has 7 heteroatoms.